The monoisotopic (exact) mass is 341 g/mol. The van der Waals surface area contributed by atoms with Crippen LogP contribution in [0.3, 0.4) is 0 Å². The van der Waals surface area contributed by atoms with Crippen LogP contribution in [0.4, 0.5) is 0 Å². The smallest absolute Gasteiger partial charge is 0.328 e. The molecule has 1 aromatic carbocycles. The molecular formula is C16H20ClNO5. The molecule has 1 saturated carbocycles. The number of benzene rings is 1. The van der Waals surface area contributed by atoms with E-state index in [2.05, 4.69) is 5.32 Å². The summed E-state index contributed by atoms with van der Waals surface area (Å²) in [5, 5.41) is 11.9. The first kappa shape index (κ1) is 17.6. The zero-order valence-corrected chi connectivity index (χ0v) is 13.6. The van der Waals surface area contributed by atoms with Crippen LogP contribution in [0.1, 0.15) is 36.0 Å². The second kappa shape index (κ2) is 8.17. The molecule has 2 rings (SSSR count). The Morgan fingerprint density at radius 1 is 1.39 bits per heavy atom. The normalized spacial score (nSPS) is 16.1. The highest BCUT2D eigenvalue weighted by Crippen LogP contribution is 2.28. The van der Waals surface area contributed by atoms with Crippen LogP contribution in [0.25, 0.3) is 0 Å². The number of aliphatic carboxylic acids is 1. The molecule has 6 nitrogen and oxygen atoms in total. The van der Waals surface area contributed by atoms with Crippen molar-refractivity contribution in [2.24, 2.45) is 0 Å². The van der Waals surface area contributed by atoms with E-state index >= 15 is 0 Å². The molecular weight excluding hydrogens is 322 g/mol. The summed E-state index contributed by atoms with van der Waals surface area (Å²) in [6.45, 7) is -0.125. The number of rotatable bonds is 7. The molecule has 0 bridgehead atoms. The number of nitrogens with one attached hydrogen (secondary N) is 1. The number of ether oxygens (including phenoxy) is 2. The average molecular weight is 342 g/mol. The first-order valence-electron chi connectivity index (χ1n) is 7.50. The van der Waals surface area contributed by atoms with Crippen molar-refractivity contribution in [3.8, 4) is 5.75 Å². The fraction of sp³-hybridized carbons (Fsp3) is 0.500. The van der Waals surface area contributed by atoms with E-state index in [9.17, 15) is 9.59 Å². The highest BCUT2D eigenvalue weighted by atomic mass is 35.5. The number of carboxylic acids is 1. The summed E-state index contributed by atoms with van der Waals surface area (Å²) in [5.74, 6) is -1.30. The molecule has 1 fully saturated rings. The Bertz CT molecular complexity index is 572. The molecule has 1 aliphatic rings. The van der Waals surface area contributed by atoms with Gasteiger partial charge in [-0.2, -0.15) is 0 Å². The van der Waals surface area contributed by atoms with Crippen LogP contribution in [0.5, 0.6) is 5.75 Å². The highest BCUT2D eigenvalue weighted by molar-refractivity contribution is 6.31. The average Bonchev–Trinajstić information content (AvgIpc) is 3.01. The van der Waals surface area contributed by atoms with E-state index < -0.39 is 17.9 Å². The maximum atomic E-state index is 12.4. The number of halogens is 1. The molecule has 0 saturated heterocycles. The fourth-order valence-electron chi connectivity index (χ4n) is 2.55. The first-order valence-corrected chi connectivity index (χ1v) is 7.88. The van der Waals surface area contributed by atoms with Crippen LogP contribution in [0.15, 0.2) is 18.2 Å². The minimum Gasteiger partial charge on any atom is -0.490 e. The lowest BCUT2D eigenvalue weighted by atomic mass is 10.1. The van der Waals surface area contributed by atoms with Gasteiger partial charge in [0.2, 0.25) is 0 Å². The van der Waals surface area contributed by atoms with Gasteiger partial charge in [-0.05, 0) is 43.9 Å². The Balaban J connectivity index is 2.16. The second-order valence-electron chi connectivity index (χ2n) is 5.48. The molecule has 1 aliphatic carbocycles. The van der Waals surface area contributed by atoms with Gasteiger partial charge in [0.25, 0.3) is 5.91 Å². The maximum absolute atomic E-state index is 12.4. The Hall–Kier alpha value is -1.79. The number of hydrogen-bond donors (Lipinski definition) is 2. The molecule has 0 spiro atoms. The third kappa shape index (κ3) is 4.84. The summed E-state index contributed by atoms with van der Waals surface area (Å²) < 4.78 is 10.7. The molecule has 1 unspecified atom stereocenters. The Labute approximate surface area is 139 Å². The molecule has 2 N–H and O–H groups in total. The summed E-state index contributed by atoms with van der Waals surface area (Å²) in [6, 6.07) is 3.63. The fourth-order valence-corrected chi connectivity index (χ4v) is 2.72. The SMILES string of the molecule is COCC(NC(=O)c1cc(Cl)ccc1OC1CCCC1)C(=O)O. The summed E-state index contributed by atoms with van der Waals surface area (Å²) >= 11 is 5.96. The molecule has 1 aromatic rings. The number of amides is 1. The molecule has 23 heavy (non-hydrogen) atoms. The lowest BCUT2D eigenvalue weighted by molar-refractivity contribution is -0.140. The van der Waals surface area contributed by atoms with E-state index in [0.717, 1.165) is 25.7 Å². The molecule has 126 valence electrons. The minimum absolute atomic E-state index is 0.0805. The van der Waals surface area contributed by atoms with Crippen molar-refractivity contribution >= 4 is 23.5 Å². The van der Waals surface area contributed by atoms with Crippen molar-refractivity contribution in [3.05, 3.63) is 28.8 Å². The van der Waals surface area contributed by atoms with E-state index in [4.69, 9.17) is 26.2 Å². The van der Waals surface area contributed by atoms with E-state index in [1.165, 1.54) is 13.2 Å². The van der Waals surface area contributed by atoms with E-state index in [-0.39, 0.29) is 18.3 Å². The summed E-state index contributed by atoms with van der Waals surface area (Å²) in [5.41, 5.74) is 0.228. The lowest BCUT2D eigenvalue weighted by Gasteiger charge is -2.18. The molecule has 0 heterocycles. The standard InChI is InChI=1S/C16H20ClNO5/c1-22-9-13(16(20)21)18-15(19)12-8-10(17)6-7-14(12)23-11-4-2-3-5-11/h6-8,11,13H,2-5,9H2,1H3,(H,18,19)(H,20,21). The van der Waals surface area contributed by atoms with Gasteiger partial charge in [-0.15, -0.1) is 0 Å². The number of carbonyl (C=O) groups excluding carboxylic acids is 1. The van der Waals surface area contributed by atoms with Crippen molar-refractivity contribution in [1.82, 2.24) is 5.32 Å². The van der Waals surface area contributed by atoms with Gasteiger partial charge in [-0.1, -0.05) is 11.6 Å². The van der Waals surface area contributed by atoms with Crippen molar-refractivity contribution in [2.75, 3.05) is 13.7 Å². The minimum atomic E-state index is -1.17. The van der Waals surface area contributed by atoms with E-state index in [0.29, 0.717) is 10.8 Å². The van der Waals surface area contributed by atoms with Crippen LogP contribution in [0.2, 0.25) is 5.02 Å². The quantitative estimate of drug-likeness (QED) is 0.796. The number of carboxylic acid groups (broad SMARTS) is 1. The van der Waals surface area contributed by atoms with Crippen molar-refractivity contribution in [1.29, 1.82) is 0 Å². The Morgan fingerprint density at radius 2 is 2.09 bits per heavy atom. The van der Waals surface area contributed by atoms with Gasteiger partial charge in [-0.25, -0.2) is 4.79 Å². The molecule has 7 heteroatoms. The van der Waals surface area contributed by atoms with Crippen molar-refractivity contribution < 1.29 is 24.2 Å². The second-order valence-corrected chi connectivity index (χ2v) is 5.92. The number of methoxy groups -OCH3 is 1. The first-order chi connectivity index (χ1) is 11.0. The lowest BCUT2D eigenvalue weighted by Crippen LogP contribution is -2.44. The molecule has 0 aliphatic heterocycles. The van der Waals surface area contributed by atoms with Gasteiger partial charge in [0.15, 0.2) is 6.04 Å². The van der Waals surface area contributed by atoms with Crippen molar-refractivity contribution in [2.45, 2.75) is 37.8 Å². The topological polar surface area (TPSA) is 84.9 Å². The van der Waals surface area contributed by atoms with E-state index in [1.807, 2.05) is 0 Å². The molecule has 1 amide bonds. The zero-order valence-electron chi connectivity index (χ0n) is 12.9. The third-order valence-electron chi connectivity index (χ3n) is 3.72. The van der Waals surface area contributed by atoms with Gasteiger partial charge >= 0.3 is 5.97 Å². The Kier molecular flexibility index (Phi) is 6.24. The zero-order chi connectivity index (χ0) is 16.8. The van der Waals surface area contributed by atoms with Gasteiger partial charge in [0.05, 0.1) is 18.3 Å². The predicted octanol–water partition coefficient (Wildman–Crippen LogP) is 2.49. The predicted molar refractivity (Wildman–Crippen MR) is 85.1 cm³/mol. The van der Waals surface area contributed by atoms with Gasteiger partial charge in [-0.3, -0.25) is 4.79 Å². The van der Waals surface area contributed by atoms with Gasteiger partial charge < -0.3 is 19.9 Å². The van der Waals surface area contributed by atoms with E-state index in [1.54, 1.807) is 12.1 Å². The Morgan fingerprint density at radius 3 is 2.70 bits per heavy atom. The number of carbonyl (C=O) groups is 2. The van der Waals surface area contributed by atoms with Crippen LogP contribution in [-0.4, -0.2) is 42.8 Å². The highest BCUT2D eigenvalue weighted by Gasteiger charge is 2.24. The molecule has 0 radical (unpaired) electrons. The summed E-state index contributed by atoms with van der Waals surface area (Å²) in [4.78, 5) is 23.5. The summed E-state index contributed by atoms with van der Waals surface area (Å²) in [6.07, 6.45) is 4.19. The van der Waals surface area contributed by atoms with Gasteiger partial charge in [0.1, 0.15) is 5.75 Å². The van der Waals surface area contributed by atoms with Crippen LogP contribution in [0, 0.1) is 0 Å². The largest absolute Gasteiger partial charge is 0.490 e. The summed E-state index contributed by atoms with van der Waals surface area (Å²) in [7, 11) is 1.37. The van der Waals surface area contributed by atoms with Crippen LogP contribution in [-0.2, 0) is 9.53 Å². The number of hydrogen-bond acceptors (Lipinski definition) is 4. The van der Waals surface area contributed by atoms with Crippen LogP contribution < -0.4 is 10.1 Å². The van der Waals surface area contributed by atoms with Crippen LogP contribution >= 0.6 is 11.6 Å². The molecule has 1 atom stereocenters. The van der Waals surface area contributed by atoms with Crippen molar-refractivity contribution in [3.63, 3.8) is 0 Å². The van der Waals surface area contributed by atoms with Gasteiger partial charge in [0, 0.05) is 12.1 Å². The third-order valence-corrected chi connectivity index (χ3v) is 3.95. The maximum Gasteiger partial charge on any atom is 0.328 e. The molecule has 0 aromatic heterocycles.